The minimum absolute atomic E-state index is 0.0233. The van der Waals surface area contributed by atoms with Crippen LogP contribution in [0.2, 0.25) is 0 Å². The van der Waals surface area contributed by atoms with Crippen molar-refractivity contribution in [2.24, 2.45) is 0 Å². The SMILES string of the molecule is COc1ccc(OC)c(CN(C(=O)c2ccccc2OC)C2CC2)c1. The first-order valence-electron chi connectivity index (χ1n) is 8.32. The van der Waals surface area contributed by atoms with Gasteiger partial charge in [0.15, 0.2) is 0 Å². The number of para-hydroxylation sites is 1. The van der Waals surface area contributed by atoms with E-state index in [2.05, 4.69) is 0 Å². The van der Waals surface area contributed by atoms with Gasteiger partial charge in [0.2, 0.25) is 0 Å². The molecule has 0 unspecified atom stereocenters. The fraction of sp³-hybridized carbons (Fsp3) is 0.350. The van der Waals surface area contributed by atoms with E-state index in [1.165, 1.54) is 0 Å². The Morgan fingerprint density at radius 1 is 1.00 bits per heavy atom. The summed E-state index contributed by atoms with van der Waals surface area (Å²) in [6.45, 7) is 0.474. The molecule has 0 aromatic heterocycles. The Kier molecular flexibility index (Phi) is 5.12. The lowest BCUT2D eigenvalue weighted by molar-refractivity contribution is 0.0725. The van der Waals surface area contributed by atoms with Crippen LogP contribution in [-0.4, -0.2) is 38.2 Å². The molecule has 0 radical (unpaired) electrons. The van der Waals surface area contributed by atoms with Crippen molar-refractivity contribution in [3.05, 3.63) is 53.6 Å². The van der Waals surface area contributed by atoms with E-state index in [9.17, 15) is 4.79 Å². The van der Waals surface area contributed by atoms with Crippen LogP contribution in [0.15, 0.2) is 42.5 Å². The maximum absolute atomic E-state index is 13.1. The van der Waals surface area contributed by atoms with Gasteiger partial charge in [-0.2, -0.15) is 0 Å². The Balaban J connectivity index is 1.91. The fourth-order valence-electron chi connectivity index (χ4n) is 2.92. The molecule has 1 amide bonds. The van der Waals surface area contributed by atoms with Gasteiger partial charge in [0.1, 0.15) is 17.2 Å². The van der Waals surface area contributed by atoms with Gasteiger partial charge in [-0.1, -0.05) is 12.1 Å². The van der Waals surface area contributed by atoms with Crippen molar-refractivity contribution >= 4 is 5.91 Å². The molecule has 0 aliphatic heterocycles. The highest BCUT2D eigenvalue weighted by molar-refractivity contribution is 5.97. The number of hydrogen-bond donors (Lipinski definition) is 0. The van der Waals surface area contributed by atoms with Gasteiger partial charge in [-0.05, 0) is 43.2 Å². The van der Waals surface area contributed by atoms with Crippen molar-refractivity contribution in [3.8, 4) is 17.2 Å². The molecule has 5 nitrogen and oxygen atoms in total. The van der Waals surface area contributed by atoms with Crippen molar-refractivity contribution in [3.63, 3.8) is 0 Å². The number of rotatable bonds is 7. The second kappa shape index (κ2) is 7.47. The van der Waals surface area contributed by atoms with E-state index in [1.54, 1.807) is 27.4 Å². The molecule has 1 saturated carbocycles. The first kappa shape index (κ1) is 17.1. The molecule has 25 heavy (non-hydrogen) atoms. The number of methoxy groups -OCH3 is 3. The summed E-state index contributed by atoms with van der Waals surface area (Å²) < 4.78 is 16.1. The first-order valence-corrected chi connectivity index (χ1v) is 8.32. The van der Waals surface area contributed by atoms with Crippen molar-refractivity contribution in [2.45, 2.75) is 25.4 Å². The number of carbonyl (C=O) groups excluding carboxylic acids is 1. The van der Waals surface area contributed by atoms with Crippen LogP contribution in [0.25, 0.3) is 0 Å². The van der Waals surface area contributed by atoms with Crippen LogP contribution in [0, 0.1) is 0 Å². The van der Waals surface area contributed by atoms with Gasteiger partial charge in [-0.15, -0.1) is 0 Å². The number of ether oxygens (including phenoxy) is 3. The third-order valence-electron chi connectivity index (χ3n) is 4.41. The molecule has 1 fully saturated rings. The summed E-state index contributed by atoms with van der Waals surface area (Å²) in [7, 11) is 4.84. The predicted octanol–water partition coefficient (Wildman–Crippen LogP) is 3.52. The van der Waals surface area contributed by atoms with Crippen molar-refractivity contribution in [2.75, 3.05) is 21.3 Å². The second-order valence-corrected chi connectivity index (χ2v) is 6.04. The molecular formula is C20H23NO4. The van der Waals surface area contributed by atoms with Crippen LogP contribution < -0.4 is 14.2 Å². The predicted molar refractivity (Wildman–Crippen MR) is 95.4 cm³/mol. The highest BCUT2D eigenvalue weighted by Crippen LogP contribution is 2.34. The lowest BCUT2D eigenvalue weighted by atomic mass is 10.1. The van der Waals surface area contributed by atoms with E-state index in [0.29, 0.717) is 17.9 Å². The van der Waals surface area contributed by atoms with Gasteiger partial charge < -0.3 is 19.1 Å². The standard InChI is InChI=1S/C20H23NO4/c1-23-16-10-11-18(24-2)14(12-16)13-21(15-8-9-15)20(22)17-6-4-5-7-19(17)25-3/h4-7,10-12,15H,8-9,13H2,1-3H3. The van der Waals surface area contributed by atoms with Crippen LogP contribution in [0.3, 0.4) is 0 Å². The van der Waals surface area contributed by atoms with E-state index < -0.39 is 0 Å². The topological polar surface area (TPSA) is 48.0 Å². The van der Waals surface area contributed by atoms with E-state index in [4.69, 9.17) is 14.2 Å². The molecule has 0 N–H and O–H groups in total. The molecule has 0 spiro atoms. The summed E-state index contributed by atoms with van der Waals surface area (Å²) in [4.78, 5) is 15.0. The largest absolute Gasteiger partial charge is 0.497 e. The zero-order valence-corrected chi connectivity index (χ0v) is 14.8. The van der Waals surface area contributed by atoms with E-state index in [-0.39, 0.29) is 11.9 Å². The van der Waals surface area contributed by atoms with E-state index >= 15 is 0 Å². The Labute approximate surface area is 148 Å². The van der Waals surface area contributed by atoms with Crippen LogP contribution in [-0.2, 0) is 6.54 Å². The van der Waals surface area contributed by atoms with Crippen LogP contribution in [0.4, 0.5) is 0 Å². The van der Waals surface area contributed by atoms with Gasteiger partial charge in [0.05, 0.1) is 33.4 Å². The van der Waals surface area contributed by atoms with Crippen LogP contribution >= 0.6 is 0 Å². The summed E-state index contributed by atoms with van der Waals surface area (Å²) in [6, 6.07) is 13.2. The maximum atomic E-state index is 13.1. The van der Waals surface area contributed by atoms with Crippen molar-refractivity contribution < 1.29 is 19.0 Å². The molecule has 0 atom stereocenters. The molecule has 2 aromatic carbocycles. The monoisotopic (exact) mass is 341 g/mol. The summed E-state index contributed by atoms with van der Waals surface area (Å²) in [5, 5.41) is 0. The average Bonchev–Trinajstić information content (AvgIpc) is 3.50. The Bertz CT molecular complexity index is 755. The number of nitrogens with zero attached hydrogens (tertiary/aromatic N) is 1. The van der Waals surface area contributed by atoms with Gasteiger partial charge in [-0.3, -0.25) is 4.79 Å². The normalized spacial score (nSPS) is 13.2. The number of benzene rings is 2. The molecule has 0 heterocycles. The molecular weight excluding hydrogens is 318 g/mol. The lowest BCUT2D eigenvalue weighted by Gasteiger charge is -2.24. The van der Waals surface area contributed by atoms with E-state index in [0.717, 1.165) is 29.9 Å². The highest BCUT2D eigenvalue weighted by Gasteiger charge is 2.34. The second-order valence-electron chi connectivity index (χ2n) is 6.04. The number of carbonyl (C=O) groups is 1. The zero-order chi connectivity index (χ0) is 17.8. The third kappa shape index (κ3) is 3.71. The molecule has 3 rings (SSSR count). The van der Waals surface area contributed by atoms with Crippen LogP contribution in [0.1, 0.15) is 28.8 Å². The summed E-state index contributed by atoms with van der Waals surface area (Å²) in [6.07, 6.45) is 2.04. The minimum atomic E-state index is -0.0233. The molecule has 1 aliphatic rings. The van der Waals surface area contributed by atoms with Gasteiger partial charge in [-0.25, -0.2) is 0 Å². The van der Waals surface area contributed by atoms with Gasteiger partial charge in [0, 0.05) is 11.6 Å². The Morgan fingerprint density at radius 2 is 1.72 bits per heavy atom. The van der Waals surface area contributed by atoms with Gasteiger partial charge in [0.25, 0.3) is 5.91 Å². The van der Waals surface area contributed by atoms with Gasteiger partial charge >= 0.3 is 0 Å². The van der Waals surface area contributed by atoms with Crippen molar-refractivity contribution in [1.29, 1.82) is 0 Å². The highest BCUT2D eigenvalue weighted by atomic mass is 16.5. The average molecular weight is 341 g/mol. The number of amides is 1. The zero-order valence-electron chi connectivity index (χ0n) is 14.8. The molecule has 0 bridgehead atoms. The van der Waals surface area contributed by atoms with Crippen molar-refractivity contribution in [1.82, 2.24) is 4.90 Å². The smallest absolute Gasteiger partial charge is 0.258 e. The minimum Gasteiger partial charge on any atom is -0.497 e. The molecule has 132 valence electrons. The molecule has 0 saturated heterocycles. The molecule has 2 aromatic rings. The molecule has 1 aliphatic carbocycles. The quantitative estimate of drug-likeness (QED) is 0.773. The first-order chi connectivity index (χ1) is 12.2. The Morgan fingerprint density at radius 3 is 2.36 bits per heavy atom. The Hall–Kier alpha value is -2.69. The summed E-state index contributed by atoms with van der Waals surface area (Å²) >= 11 is 0. The summed E-state index contributed by atoms with van der Waals surface area (Å²) in [5.74, 6) is 2.07. The maximum Gasteiger partial charge on any atom is 0.258 e. The third-order valence-corrected chi connectivity index (χ3v) is 4.41. The lowest BCUT2D eigenvalue weighted by Crippen LogP contribution is -2.33. The molecule has 5 heteroatoms. The van der Waals surface area contributed by atoms with E-state index in [1.807, 2.05) is 41.3 Å². The number of hydrogen-bond acceptors (Lipinski definition) is 4. The van der Waals surface area contributed by atoms with Crippen LogP contribution in [0.5, 0.6) is 17.2 Å². The summed E-state index contributed by atoms with van der Waals surface area (Å²) in [5.41, 5.74) is 1.51. The fourth-order valence-corrected chi connectivity index (χ4v) is 2.92.